The molecule has 6 rings (SSSR count). The van der Waals surface area contributed by atoms with Gasteiger partial charge in [0.2, 0.25) is 0 Å². The molecule has 0 saturated carbocycles. The van der Waals surface area contributed by atoms with Gasteiger partial charge in [0.1, 0.15) is 36.6 Å². The molecule has 7 nitrogen and oxygen atoms in total. The van der Waals surface area contributed by atoms with Crippen molar-refractivity contribution in [3.63, 3.8) is 0 Å². The number of rotatable bonds is 14. The Labute approximate surface area is 274 Å². The van der Waals surface area contributed by atoms with Crippen molar-refractivity contribution in [3.8, 4) is 22.8 Å². The normalized spacial score (nSPS) is 11.4. The van der Waals surface area contributed by atoms with Crippen LogP contribution >= 0.6 is 0 Å². The topological polar surface area (TPSA) is 93.6 Å². The van der Waals surface area contributed by atoms with Gasteiger partial charge in [-0.05, 0) is 58.7 Å². The zero-order valence-electron chi connectivity index (χ0n) is 25.8. The molecule has 1 aromatic heterocycles. The van der Waals surface area contributed by atoms with Crippen LogP contribution in [0.4, 0.5) is 5.82 Å². The number of benzene rings is 5. The molecule has 0 fully saturated rings. The maximum atomic E-state index is 12.4. The monoisotopic (exact) mass is 621 g/mol. The van der Waals surface area contributed by atoms with E-state index < -0.39 is 12.0 Å². The van der Waals surface area contributed by atoms with E-state index in [2.05, 4.69) is 5.32 Å². The Balaban J connectivity index is 1.17. The fourth-order valence-electron chi connectivity index (χ4n) is 5.13. The first-order valence-corrected chi connectivity index (χ1v) is 15.5. The number of hydrogen-bond acceptors (Lipinski definition) is 6. The van der Waals surface area contributed by atoms with Crippen LogP contribution in [0.25, 0.3) is 11.3 Å². The number of carboxylic acid groups (broad SMARTS) is 1. The molecule has 0 bridgehead atoms. The van der Waals surface area contributed by atoms with Gasteiger partial charge in [-0.15, -0.1) is 0 Å². The summed E-state index contributed by atoms with van der Waals surface area (Å²) in [6, 6.07) is 44.3. The molecule has 6 aromatic rings. The molecule has 47 heavy (non-hydrogen) atoms. The summed E-state index contributed by atoms with van der Waals surface area (Å²) < 4.78 is 11.8. The molecule has 0 aliphatic heterocycles. The lowest BCUT2D eigenvalue weighted by Gasteiger charge is -2.18. The molecule has 5 aromatic carbocycles. The maximum absolute atomic E-state index is 12.4. The molecule has 0 amide bonds. The Morgan fingerprint density at radius 1 is 0.638 bits per heavy atom. The maximum Gasteiger partial charge on any atom is 0.326 e. The first-order valence-electron chi connectivity index (χ1n) is 15.5. The lowest BCUT2D eigenvalue weighted by Crippen LogP contribution is -2.32. The highest BCUT2D eigenvalue weighted by molar-refractivity contribution is 5.77. The van der Waals surface area contributed by atoms with Crippen LogP contribution in [0.5, 0.6) is 11.5 Å². The van der Waals surface area contributed by atoms with Crippen LogP contribution in [0.1, 0.15) is 27.9 Å². The molecule has 0 aliphatic carbocycles. The van der Waals surface area contributed by atoms with Gasteiger partial charge in [0.25, 0.3) is 0 Å². The minimum Gasteiger partial charge on any atom is -0.489 e. The van der Waals surface area contributed by atoms with Crippen molar-refractivity contribution < 1.29 is 19.4 Å². The molecule has 2 N–H and O–H groups in total. The van der Waals surface area contributed by atoms with Gasteiger partial charge in [-0.3, -0.25) is 0 Å². The van der Waals surface area contributed by atoms with Gasteiger partial charge < -0.3 is 19.9 Å². The number of ether oxygens (including phenoxy) is 2. The van der Waals surface area contributed by atoms with Crippen LogP contribution < -0.4 is 14.8 Å². The number of nitrogens with one attached hydrogen (secondary N) is 1. The van der Waals surface area contributed by atoms with Crippen LogP contribution in [0.3, 0.4) is 0 Å². The summed E-state index contributed by atoms with van der Waals surface area (Å²) in [5.74, 6) is 0.945. The molecule has 1 heterocycles. The van der Waals surface area contributed by atoms with Crippen LogP contribution in [0.15, 0.2) is 146 Å². The Morgan fingerprint density at radius 2 is 1.15 bits per heavy atom. The lowest BCUT2D eigenvalue weighted by molar-refractivity contribution is -0.137. The van der Waals surface area contributed by atoms with Gasteiger partial charge in [-0.2, -0.15) is 0 Å². The number of aliphatic carboxylic acids is 1. The average Bonchev–Trinajstić information content (AvgIpc) is 3.12. The zero-order valence-corrected chi connectivity index (χ0v) is 25.8. The van der Waals surface area contributed by atoms with Gasteiger partial charge in [0, 0.05) is 18.4 Å². The number of nitrogens with zero attached hydrogens (tertiary/aromatic N) is 2. The van der Waals surface area contributed by atoms with Crippen LogP contribution in [-0.4, -0.2) is 27.1 Å². The van der Waals surface area contributed by atoms with E-state index in [0.717, 1.165) is 39.3 Å². The molecule has 0 aliphatic rings. The minimum absolute atomic E-state index is 0.257. The summed E-state index contributed by atoms with van der Waals surface area (Å²) in [6.07, 6.45) is 2.42. The SMILES string of the molecule is O=C(O)C(Cc1ccc(OCc2ccccc2)cc1)Nc1ncc(-c2ccc(OCc3ccccc3)cc2)nc1Cc1ccccc1. The predicted octanol–water partition coefficient (Wildman–Crippen LogP) is 8.00. The van der Waals surface area contributed by atoms with E-state index in [1.54, 1.807) is 6.20 Å². The van der Waals surface area contributed by atoms with E-state index in [0.29, 0.717) is 36.8 Å². The predicted molar refractivity (Wildman–Crippen MR) is 183 cm³/mol. The quantitative estimate of drug-likeness (QED) is 0.127. The highest BCUT2D eigenvalue weighted by Crippen LogP contribution is 2.25. The second-order valence-corrected chi connectivity index (χ2v) is 11.2. The van der Waals surface area contributed by atoms with Crippen molar-refractivity contribution in [3.05, 3.63) is 174 Å². The second-order valence-electron chi connectivity index (χ2n) is 11.2. The third kappa shape index (κ3) is 8.83. The number of carbonyl (C=O) groups is 1. The molecule has 0 spiro atoms. The van der Waals surface area contributed by atoms with E-state index >= 15 is 0 Å². The first-order chi connectivity index (χ1) is 23.1. The summed E-state index contributed by atoms with van der Waals surface area (Å²) in [7, 11) is 0. The van der Waals surface area contributed by atoms with Gasteiger partial charge in [0.05, 0.1) is 17.6 Å². The molecule has 234 valence electrons. The Kier molecular flexibility index (Phi) is 10.1. The summed E-state index contributed by atoms with van der Waals surface area (Å²) in [4.78, 5) is 22.1. The number of hydrogen-bond donors (Lipinski definition) is 2. The summed E-state index contributed by atoms with van der Waals surface area (Å²) in [5, 5.41) is 13.3. The van der Waals surface area contributed by atoms with Crippen molar-refractivity contribution in [2.24, 2.45) is 0 Å². The molecular formula is C40H35N3O4. The Hall–Kier alpha value is -5.95. The molecule has 1 unspecified atom stereocenters. The fraction of sp³-hybridized carbons (Fsp3) is 0.125. The van der Waals surface area contributed by atoms with E-state index in [9.17, 15) is 9.90 Å². The summed E-state index contributed by atoms with van der Waals surface area (Å²) in [6.45, 7) is 0.947. The number of carboxylic acids is 1. The summed E-state index contributed by atoms with van der Waals surface area (Å²) >= 11 is 0. The van der Waals surface area contributed by atoms with Gasteiger partial charge in [-0.25, -0.2) is 14.8 Å². The third-order valence-corrected chi connectivity index (χ3v) is 7.68. The van der Waals surface area contributed by atoms with Crippen molar-refractivity contribution in [2.75, 3.05) is 5.32 Å². The minimum atomic E-state index is -0.975. The average molecular weight is 622 g/mol. The first kappa shape index (κ1) is 31.0. The molecule has 0 radical (unpaired) electrons. The van der Waals surface area contributed by atoms with Crippen molar-refractivity contribution in [1.29, 1.82) is 0 Å². The van der Waals surface area contributed by atoms with E-state index in [1.807, 2.05) is 140 Å². The van der Waals surface area contributed by atoms with Gasteiger partial charge in [-0.1, -0.05) is 103 Å². The van der Waals surface area contributed by atoms with Crippen LogP contribution in [-0.2, 0) is 30.8 Å². The smallest absolute Gasteiger partial charge is 0.326 e. The highest BCUT2D eigenvalue weighted by Gasteiger charge is 2.21. The van der Waals surface area contributed by atoms with Crippen LogP contribution in [0.2, 0.25) is 0 Å². The fourth-order valence-corrected chi connectivity index (χ4v) is 5.13. The van der Waals surface area contributed by atoms with Crippen LogP contribution in [0, 0.1) is 0 Å². The summed E-state index contributed by atoms with van der Waals surface area (Å²) in [5.41, 5.74) is 6.32. The van der Waals surface area contributed by atoms with Gasteiger partial charge >= 0.3 is 5.97 Å². The third-order valence-electron chi connectivity index (χ3n) is 7.68. The molecule has 0 saturated heterocycles. The molecule has 7 heteroatoms. The van der Waals surface area contributed by atoms with E-state index in [1.165, 1.54) is 0 Å². The van der Waals surface area contributed by atoms with Crippen molar-refractivity contribution in [2.45, 2.75) is 32.1 Å². The lowest BCUT2D eigenvalue weighted by atomic mass is 10.0. The molecular weight excluding hydrogens is 586 g/mol. The second kappa shape index (κ2) is 15.4. The van der Waals surface area contributed by atoms with E-state index in [4.69, 9.17) is 19.4 Å². The van der Waals surface area contributed by atoms with Crippen molar-refractivity contribution in [1.82, 2.24) is 9.97 Å². The number of anilines is 1. The standard InChI is InChI=1S/C40H35N3O4/c44-40(45)37(25-30-16-20-34(21-17-30)46-27-31-12-6-2-7-13-31)43-39-36(24-29-10-4-1-5-11-29)42-38(26-41-39)33-18-22-35(23-19-33)47-28-32-14-8-3-9-15-32/h1-23,26,37H,24-25,27-28H2,(H,41,43)(H,44,45). The molecule has 1 atom stereocenters. The Bertz CT molecular complexity index is 1870. The van der Waals surface area contributed by atoms with Gasteiger partial charge in [0.15, 0.2) is 0 Å². The highest BCUT2D eigenvalue weighted by atomic mass is 16.5. The number of aromatic nitrogens is 2. The largest absolute Gasteiger partial charge is 0.489 e. The van der Waals surface area contributed by atoms with E-state index in [-0.39, 0.29) is 6.42 Å². The Morgan fingerprint density at radius 3 is 1.68 bits per heavy atom. The van der Waals surface area contributed by atoms with Crippen molar-refractivity contribution >= 4 is 11.8 Å². The zero-order chi connectivity index (χ0) is 32.3.